The number of hydrogen-bond donors (Lipinski definition) is 1. The molecule has 0 bridgehead atoms. The molecule has 0 radical (unpaired) electrons. The van der Waals surface area contributed by atoms with Crippen LogP contribution in [0.3, 0.4) is 0 Å². The molecule has 0 spiro atoms. The van der Waals surface area contributed by atoms with Crippen molar-refractivity contribution in [1.29, 1.82) is 0 Å². The summed E-state index contributed by atoms with van der Waals surface area (Å²) in [5, 5.41) is 3.41. The van der Waals surface area contributed by atoms with Crippen molar-refractivity contribution in [2.45, 2.75) is 57.2 Å². The molecule has 0 aliphatic heterocycles. The highest BCUT2D eigenvalue weighted by Crippen LogP contribution is 2.31. The van der Waals surface area contributed by atoms with Crippen LogP contribution in [0, 0.1) is 0 Å². The molecule has 1 N–H and O–H groups in total. The molecule has 0 amide bonds. The molecule has 1 rings (SSSR count). The van der Waals surface area contributed by atoms with Crippen LogP contribution in [0.4, 0.5) is 0 Å². The van der Waals surface area contributed by atoms with E-state index in [4.69, 9.17) is 0 Å². The molecule has 1 unspecified atom stereocenters. The predicted molar refractivity (Wildman–Crippen MR) is 72.9 cm³/mol. The van der Waals surface area contributed by atoms with Gasteiger partial charge in [0, 0.05) is 12.3 Å². The Kier molecular flexibility index (Phi) is 4.78. The van der Waals surface area contributed by atoms with Crippen LogP contribution < -0.4 is 5.32 Å². The molecule has 0 aromatic rings. The SMILES string of the molecule is CCCNC(C1=CCCC1)C(C)(C)S(C)(=O)=O. The van der Waals surface area contributed by atoms with Gasteiger partial charge in [-0.05, 0) is 46.1 Å². The first-order valence-corrected chi connectivity index (χ1v) is 8.31. The first-order chi connectivity index (χ1) is 7.80. The molecule has 4 heteroatoms. The monoisotopic (exact) mass is 259 g/mol. The third-order valence-electron chi connectivity index (χ3n) is 3.70. The average molecular weight is 259 g/mol. The molecule has 0 heterocycles. The van der Waals surface area contributed by atoms with Gasteiger partial charge in [-0.15, -0.1) is 0 Å². The summed E-state index contributed by atoms with van der Waals surface area (Å²) in [5.74, 6) is 0. The third-order valence-corrected chi connectivity index (χ3v) is 5.84. The Hall–Kier alpha value is -0.350. The van der Waals surface area contributed by atoms with Crippen molar-refractivity contribution in [3.05, 3.63) is 11.6 Å². The van der Waals surface area contributed by atoms with E-state index in [2.05, 4.69) is 18.3 Å². The highest BCUT2D eigenvalue weighted by molar-refractivity contribution is 7.92. The summed E-state index contributed by atoms with van der Waals surface area (Å²) >= 11 is 0. The van der Waals surface area contributed by atoms with Gasteiger partial charge in [0.15, 0.2) is 9.84 Å². The fourth-order valence-electron chi connectivity index (χ4n) is 2.28. The van der Waals surface area contributed by atoms with Crippen molar-refractivity contribution in [2.75, 3.05) is 12.8 Å². The number of rotatable bonds is 6. The van der Waals surface area contributed by atoms with E-state index in [1.165, 1.54) is 11.8 Å². The van der Waals surface area contributed by atoms with Gasteiger partial charge in [-0.25, -0.2) is 8.42 Å². The highest BCUT2D eigenvalue weighted by Gasteiger charge is 2.40. The van der Waals surface area contributed by atoms with E-state index in [-0.39, 0.29) is 6.04 Å². The molecule has 0 aromatic heterocycles. The summed E-state index contributed by atoms with van der Waals surface area (Å²) in [5.41, 5.74) is 1.27. The van der Waals surface area contributed by atoms with E-state index < -0.39 is 14.6 Å². The van der Waals surface area contributed by atoms with Gasteiger partial charge in [-0.3, -0.25) is 0 Å². The van der Waals surface area contributed by atoms with Crippen LogP contribution in [0.25, 0.3) is 0 Å². The van der Waals surface area contributed by atoms with E-state index in [0.29, 0.717) is 0 Å². The zero-order valence-electron chi connectivity index (χ0n) is 11.4. The van der Waals surface area contributed by atoms with Crippen LogP contribution in [-0.4, -0.2) is 32.0 Å². The lowest BCUT2D eigenvalue weighted by molar-refractivity contribution is 0.443. The van der Waals surface area contributed by atoms with Crippen molar-refractivity contribution in [2.24, 2.45) is 0 Å². The standard InChI is InChI=1S/C13H25NO2S/c1-5-10-14-12(11-8-6-7-9-11)13(2,3)17(4,15)16/h8,12,14H,5-7,9-10H2,1-4H3. The normalized spacial score (nSPS) is 19.2. The molecule has 1 aliphatic carbocycles. The van der Waals surface area contributed by atoms with Crippen molar-refractivity contribution < 1.29 is 8.42 Å². The maximum Gasteiger partial charge on any atom is 0.154 e. The Labute approximate surface area is 106 Å². The summed E-state index contributed by atoms with van der Waals surface area (Å²) in [6.07, 6.45) is 7.83. The molecular formula is C13H25NO2S. The largest absolute Gasteiger partial charge is 0.309 e. The minimum Gasteiger partial charge on any atom is -0.309 e. The topological polar surface area (TPSA) is 46.2 Å². The zero-order chi connectivity index (χ0) is 13.1. The van der Waals surface area contributed by atoms with E-state index in [1.54, 1.807) is 0 Å². The summed E-state index contributed by atoms with van der Waals surface area (Å²) in [7, 11) is -3.07. The van der Waals surface area contributed by atoms with Crippen molar-refractivity contribution >= 4 is 9.84 Å². The number of nitrogens with one attached hydrogen (secondary N) is 1. The van der Waals surface area contributed by atoms with Gasteiger partial charge < -0.3 is 5.32 Å². The number of hydrogen-bond acceptors (Lipinski definition) is 3. The zero-order valence-corrected chi connectivity index (χ0v) is 12.2. The minimum absolute atomic E-state index is 0.0417. The summed E-state index contributed by atoms with van der Waals surface area (Å²) < 4.78 is 23.2. The highest BCUT2D eigenvalue weighted by atomic mass is 32.2. The van der Waals surface area contributed by atoms with E-state index in [0.717, 1.165) is 32.2 Å². The number of allylic oxidation sites excluding steroid dienone is 1. The summed E-state index contributed by atoms with van der Waals surface area (Å²) in [4.78, 5) is 0. The molecular weight excluding hydrogens is 234 g/mol. The van der Waals surface area contributed by atoms with Gasteiger partial charge in [0.1, 0.15) is 0 Å². The Morgan fingerprint density at radius 2 is 2.12 bits per heavy atom. The van der Waals surface area contributed by atoms with Crippen LogP contribution in [0.15, 0.2) is 11.6 Å². The van der Waals surface area contributed by atoms with Crippen LogP contribution in [0.5, 0.6) is 0 Å². The Balaban J connectivity index is 2.97. The molecule has 1 atom stereocenters. The van der Waals surface area contributed by atoms with Crippen LogP contribution >= 0.6 is 0 Å². The van der Waals surface area contributed by atoms with Crippen molar-refractivity contribution in [3.63, 3.8) is 0 Å². The number of sulfone groups is 1. The average Bonchev–Trinajstić information content (AvgIpc) is 2.69. The molecule has 0 saturated heterocycles. The molecule has 0 saturated carbocycles. The van der Waals surface area contributed by atoms with Gasteiger partial charge in [0.2, 0.25) is 0 Å². The van der Waals surface area contributed by atoms with Gasteiger partial charge in [0.25, 0.3) is 0 Å². The van der Waals surface area contributed by atoms with E-state index in [9.17, 15) is 8.42 Å². The predicted octanol–water partition coefficient (Wildman–Crippen LogP) is 2.29. The molecule has 0 fully saturated rings. The fourth-order valence-corrected chi connectivity index (χ4v) is 2.95. The second-order valence-electron chi connectivity index (χ2n) is 5.43. The lowest BCUT2D eigenvalue weighted by Gasteiger charge is -2.34. The first kappa shape index (κ1) is 14.7. The second-order valence-corrected chi connectivity index (χ2v) is 8.03. The lowest BCUT2D eigenvalue weighted by atomic mass is 9.94. The quantitative estimate of drug-likeness (QED) is 0.744. The van der Waals surface area contributed by atoms with Crippen LogP contribution in [0.1, 0.15) is 46.5 Å². The fraction of sp³-hybridized carbons (Fsp3) is 0.846. The van der Waals surface area contributed by atoms with Gasteiger partial charge in [-0.2, -0.15) is 0 Å². The Morgan fingerprint density at radius 3 is 2.53 bits per heavy atom. The Bertz CT molecular complexity index is 382. The van der Waals surface area contributed by atoms with Crippen LogP contribution in [-0.2, 0) is 9.84 Å². The summed E-state index contributed by atoms with van der Waals surface area (Å²) in [6.45, 7) is 6.62. The van der Waals surface area contributed by atoms with Gasteiger partial charge in [0.05, 0.1) is 4.75 Å². The van der Waals surface area contributed by atoms with Crippen molar-refractivity contribution in [3.8, 4) is 0 Å². The molecule has 0 aromatic carbocycles. The van der Waals surface area contributed by atoms with E-state index >= 15 is 0 Å². The molecule has 100 valence electrons. The smallest absolute Gasteiger partial charge is 0.154 e. The molecule has 3 nitrogen and oxygen atoms in total. The second kappa shape index (κ2) is 5.53. The van der Waals surface area contributed by atoms with Crippen LogP contribution in [0.2, 0.25) is 0 Å². The third kappa shape index (κ3) is 3.32. The van der Waals surface area contributed by atoms with Crippen molar-refractivity contribution in [1.82, 2.24) is 5.32 Å². The maximum absolute atomic E-state index is 11.9. The molecule has 17 heavy (non-hydrogen) atoms. The molecule has 1 aliphatic rings. The maximum atomic E-state index is 11.9. The van der Waals surface area contributed by atoms with Gasteiger partial charge >= 0.3 is 0 Å². The summed E-state index contributed by atoms with van der Waals surface area (Å²) in [6, 6.07) is -0.0417. The Morgan fingerprint density at radius 1 is 1.47 bits per heavy atom. The van der Waals surface area contributed by atoms with Gasteiger partial charge in [-0.1, -0.05) is 18.6 Å². The van der Waals surface area contributed by atoms with E-state index in [1.807, 2.05) is 13.8 Å². The lowest BCUT2D eigenvalue weighted by Crippen LogP contribution is -2.52. The minimum atomic E-state index is -3.07. The first-order valence-electron chi connectivity index (χ1n) is 6.42.